The Morgan fingerprint density at radius 3 is 2.57 bits per heavy atom. The van der Waals surface area contributed by atoms with Gasteiger partial charge in [0.15, 0.2) is 0 Å². The zero-order chi connectivity index (χ0) is 20.8. The number of aliphatic hydroxyl groups excluding tert-OH is 1. The molecule has 4 nitrogen and oxygen atoms in total. The summed E-state index contributed by atoms with van der Waals surface area (Å²) in [6.07, 6.45) is 2.61. The maximum atomic E-state index is 11.9. The second kappa shape index (κ2) is 11.2. The lowest BCUT2D eigenvalue weighted by Crippen LogP contribution is -2.36. The largest absolute Gasteiger partial charge is 0.512 e. The number of rotatable bonds is 4. The molecule has 6 heteroatoms. The Morgan fingerprint density at radius 1 is 1.20 bits per heavy atom. The Hall–Kier alpha value is -2.27. The highest BCUT2D eigenvalue weighted by Gasteiger charge is 2.27. The first kappa shape index (κ1) is 24.0. The molecule has 0 fully saturated rings. The molecule has 0 radical (unpaired) electrons. The van der Waals surface area contributed by atoms with E-state index in [9.17, 15) is 9.90 Å². The van der Waals surface area contributed by atoms with Crippen LogP contribution in [0.1, 0.15) is 30.0 Å². The second-order valence-electron chi connectivity index (χ2n) is 7.16. The fourth-order valence-electron chi connectivity index (χ4n) is 3.37. The van der Waals surface area contributed by atoms with Gasteiger partial charge in [0.05, 0.1) is 12.2 Å². The molecule has 0 saturated carbocycles. The van der Waals surface area contributed by atoms with Crippen LogP contribution >= 0.6 is 24.0 Å². The molecule has 2 aromatic rings. The fourth-order valence-corrected chi connectivity index (χ4v) is 3.54. The smallest absolute Gasteiger partial charge is 0.338 e. The number of nitrogens with zero attached hydrogens (tertiary/aromatic N) is 1. The van der Waals surface area contributed by atoms with Gasteiger partial charge in [0, 0.05) is 31.1 Å². The van der Waals surface area contributed by atoms with Gasteiger partial charge in [-0.1, -0.05) is 53.6 Å². The molecule has 2 aliphatic rings. The van der Waals surface area contributed by atoms with E-state index in [-0.39, 0.29) is 18.2 Å². The van der Waals surface area contributed by atoms with Gasteiger partial charge in [0.25, 0.3) is 0 Å². The van der Waals surface area contributed by atoms with Crippen LogP contribution in [0.15, 0.2) is 59.9 Å². The normalized spacial score (nSPS) is 15.0. The van der Waals surface area contributed by atoms with Gasteiger partial charge in [0.1, 0.15) is 5.76 Å². The Kier molecular flexibility index (Phi) is 8.97. The molecule has 0 spiro atoms. The summed E-state index contributed by atoms with van der Waals surface area (Å²) in [5, 5.41) is 10.6. The molecular formula is C24H27Cl2NO3. The Bertz CT molecular complexity index is 939. The minimum atomic E-state index is -0.421. The van der Waals surface area contributed by atoms with E-state index in [1.165, 1.54) is 22.3 Å². The van der Waals surface area contributed by atoms with Crippen LogP contribution in [0.4, 0.5) is 0 Å². The highest BCUT2D eigenvalue weighted by molar-refractivity contribution is 6.31. The van der Waals surface area contributed by atoms with Crippen LogP contribution in [-0.4, -0.2) is 42.2 Å². The standard InChI is InChI=1S/C17H18ClNO3.C7H8.ClH/c1-2-22-17(21)15-10-19(6-5-16(15)20)9-12-7-11-3-4-13(18)8-14(11)12;1-7-5-3-2-4-6-7;/h3-4,7-8,20H,2,5-6,9-10H2,1H3;2-6H,1H3;1H. The van der Waals surface area contributed by atoms with E-state index in [1.807, 2.05) is 36.4 Å². The number of hydrogen-bond donors (Lipinski definition) is 1. The van der Waals surface area contributed by atoms with Gasteiger partial charge in [-0.25, -0.2) is 4.79 Å². The fraction of sp³-hybridized carbons (Fsp3) is 0.292. The van der Waals surface area contributed by atoms with Crippen molar-refractivity contribution in [3.05, 3.63) is 81.6 Å². The second-order valence-corrected chi connectivity index (χ2v) is 7.60. The van der Waals surface area contributed by atoms with Crippen LogP contribution in [0.3, 0.4) is 0 Å². The number of fused-ring (bicyclic) bond motifs is 1. The zero-order valence-electron chi connectivity index (χ0n) is 17.2. The first-order chi connectivity index (χ1) is 14.0. The number of halogens is 2. The van der Waals surface area contributed by atoms with Crippen LogP contribution in [0.25, 0.3) is 11.6 Å². The van der Waals surface area contributed by atoms with Crippen molar-refractivity contribution in [2.45, 2.75) is 20.3 Å². The molecule has 30 heavy (non-hydrogen) atoms. The first-order valence-corrected chi connectivity index (χ1v) is 10.2. The molecule has 0 amide bonds. The van der Waals surface area contributed by atoms with Gasteiger partial charge in [-0.2, -0.15) is 0 Å². The number of esters is 1. The summed E-state index contributed by atoms with van der Waals surface area (Å²) in [6, 6.07) is 16.1. The topological polar surface area (TPSA) is 49.8 Å². The Labute approximate surface area is 189 Å². The zero-order valence-corrected chi connectivity index (χ0v) is 18.8. The molecule has 4 rings (SSSR count). The average molecular weight is 448 g/mol. The third-order valence-corrected chi connectivity index (χ3v) is 5.18. The quantitative estimate of drug-likeness (QED) is 0.611. The highest BCUT2D eigenvalue weighted by atomic mass is 35.5. The third-order valence-electron chi connectivity index (χ3n) is 4.94. The van der Waals surface area contributed by atoms with Crippen LogP contribution in [0.5, 0.6) is 0 Å². The monoisotopic (exact) mass is 447 g/mol. The van der Waals surface area contributed by atoms with Gasteiger partial charge < -0.3 is 9.84 Å². The Balaban J connectivity index is 0.000000341. The number of ether oxygens (including phenoxy) is 1. The van der Waals surface area contributed by atoms with Gasteiger partial charge in [0.2, 0.25) is 0 Å². The number of benzene rings is 2. The van der Waals surface area contributed by atoms with E-state index in [0.717, 1.165) is 18.1 Å². The molecule has 1 N–H and O–H groups in total. The molecule has 0 bridgehead atoms. The molecule has 0 aromatic heterocycles. The molecule has 1 heterocycles. The molecule has 0 unspecified atom stereocenters. The SMILES string of the molecule is CCOC(=O)C1=C(O)CCN(CC2=Cc3ccc(Cl)cc32)C1.Cc1ccccc1.Cl. The van der Waals surface area contributed by atoms with E-state index in [1.54, 1.807) is 6.92 Å². The summed E-state index contributed by atoms with van der Waals surface area (Å²) >= 11 is 6.03. The van der Waals surface area contributed by atoms with E-state index in [4.69, 9.17) is 16.3 Å². The van der Waals surface area contributed by atoms with Crippen LogP contribution in [0.2, 0.25) is 5.02 Å². The van der Waals surface area contributed by atoms with Crippen LogP contribution in [-0.2, 0) is 9.53 Å². The van der Waals surface area contributed by atoms with Gasteiger partial charge >= 0.3 is 5.97 Å². The van der Waals surface area contributed by atoms with E-state index in [0.29, 0.717) is 25.1 Å². The minimum absolute atomic E-state index is 0. The lowest BCUT2D eigenvalue weighted by molar-refractivity contribution is -0.139. The molecule has 1 aliphatic heterocycles. The number of hydrogen-bond acceptors (Lipinski definition) is 4. The van der Waals surface area contributed by atoms with Gasteiger partial charge in [-0.3, -0.25) is 4.90 Å². The van der Waals surface area contributed by atoms with Crippen molar-refractivity contribution in [1.82, 2.24) is 4.90 Å². The number of aliphatic hydroxyl groups is 1. The molecular weight excluding hydrogens is 421 g/mol. The van der Waals surface area contributed by atoms with Crippen LogP contribution < -0.4 is 0 Å². The van der Waals surface area contributed by atoms with Crippen molar-refractivity contribution in [3.8, 4) is 0 Å². The van der Waals surface area contributed by atoms with Crippen molar-refractivity contribution in [2.24, 2.45) is 0 Å². The van der Waals surface area contributed by atoms with Crippen LogP contribution in [0, 0.1) is 6.92 Å². The molecule has 0 atom stereocenters. The maximum absolute atomic E-state index is 11.9. The summed E-state index contributed by atoms with van der Waals surface area (Å²) in [5.74, 6) is -0.267. The summed E-state index contributed by atoms with van der Waals surface area (Å²) in [6.45, 7) is 6.03. The number of aryl methyl sites for hydroxylation is 1. The number of carbonyl (C=O) groups excluding carboxylic acids is 1. The predicted octanol–water partition coefficient (Wildman–Crippen LogP) is 5.69. The Morgan fingerprint density at radius 2 is 1.93 bits per heavy atom. The molecule has 0 saturated heterocycles. The van der Waals surface area contributed by atoms with E-state index >= 15 is 0 Å². The van der Waals surface area contributed by atoms with Crippen molar-refractivity contribution in [2.75, 3.05) is 26.2 Å². The van der Waals surface area contributed by atoms with Crippen molar-refractivity contribution in [3.63, 3.8) is 0 Å². The minimum Gasteiger partial charge on any atom is -0.512 e. The summed E-state index contributed by atoms with van der Waals surface area (Å²) < 4.78 is 5.00. The van der Waals surface area contributed by atoms with Crippen molar-refractivity contribution < 1.29 is 14.6 Å². The lowest BCUT2D eigenvalue weighted by Gasteiger charge is -2.31. The number of carbonyl (C=O) groups is 1. The average Bonchev–Trinajstić information content (AvgIpc) is 2.70. The molecule has 160 valence electrons. The van der Waals surface area contributed by atoms with E-state index in [2.05, 4.69) is 30.0 Å². The van der Waals surface area contributed by atoms with Gasteiger partial charge in [-0.15, -0.1) is 12.4 Å². The summed E-state index contributed by atoms with van der Waals surface area (Å²) in [4.78, 5) is 14.0. The summed E-state index contributed by atoms with van der Waals surface area (Å²) in [5.41, 5.74) is 5.27. The maximum Gasteiger partial charge on any atom is 0.338 e. The van der Waals surface area contributed by atoms with Gasteiger partial charge in [-0.05, 0) is 48.8 Å². The van der Waals surface area contributed by atoms with Crippen molar-refractivity contribution >= 4 is 41.6 Å². The third kappa shape index (κ3) is 6.11. The highest BCUT2D eigenvalue weighted by Crippen LogP contribution is 2.35. The molecule has 2 aromatic carbocycles. The lowest BCUT2D eigenvalue weighted by atomic mass is 9.88. The molecule has 1 aliphatic carbocycles. The first-order valence-electron chi connectivity index (χ1n) is 9.80. The summed E-state index contributed by atoms with van der Waals surface area (Å²) in [7, 11) is 0. The predicted molar refractivity (Wildman–Crippen MR) is 125 cm³/mol. The van der Waals surface area contributed by atoms with Crippen molar-refractivity contribution in [1.29, 1.82) is 0 Å². The van der Waals surface area contributed by atoms with E-state index < -0.39 is 5.97 Å².